The second-order valence-corrected chi connectivity index (χ2v) is 5.00. The molecule has 1 rings (SSSR count). The van der Waals surface area contributed by atoms with Crippen LogP contribution in [0.1, 0.15) is 17.3 Å². The van der Waals surface area contributed by atoms with Crippen molar-refractivity contribution in [3.63, 3.8) is 0 Å². The molecule has 116 valence electrons. The molecule has 0 aliphatic rings. The fourth-order valence-electron chi connectivity index (χ4n) is 1.87. The first kappa shape index (κ1) is 17.4. The van der Waals surface area contributed by atoms with E-state index in [-0.39, 0.29) is 11.3 Å². The summed E-state index contributed by atoms with van der Waals surface area (Å²) in [5, 5.41) is 11.1. The number of rotatable bonds is 7. The minimum Gasteiger partial charge on any atom is -0.465 e. The molecule has 7 nitrogen and oxygen atoms in total. The number of carbonyl (C=O) groups excluding carboxylic acids is 1. The molecule has 0 N–H and O–H groups in total. The third-order valence-corrected chi connectivity index (χ3v) is 3.59. The lowest BCUT2D eigenvalue weighted by molar-refractivity contribution is -0.385. The molecule has 0 saturated carbocycles. The van der Waals surface area contributed by atoms with Crippen LogP contribution < -0.4 is 4.90 Å². The van der Waals surface area contributed by atoms with E-state index in [1.807, 2.05) is 11.8 Å². The Kier molecular flexibility index (Phi) is 6.57. The SMILES string of the molecule is CCN(CCOC)c1cc(C(=O)OC)c([N+](=O)[O-])cc1Br. The molecule has 0 aromatic heterocycles. The Bertz CT molecular complexity index is 536. The molecular weight excluding hydrogens is 344 g/mol. The van der Waals surface area contributed by atoms with Gasteiger partial charge in [-0.15, -0.1) is 0 Å². The van der Waals surface area contributed by atoms with Crippen LogP contribution in [0.25, 0.3) is 0 Å². The molecule has 8 heteroatoms. The highest BCUT2D eigenvalue weighted by Gasteiger charge is 2.24. The van der Waals surface area contributed by atoms with Gasteiger partial charge in [0.1, 0.15) is 5.56 Å². The fourth-order valence-corrected chi connectivity index (χ4v) is 2.45. The quantitative estimate of drug-likeness (QED) is 0.422. The molecule has 1 aromatic rings. The minimum atomic E-state index is -0.738. The van der Waals surface area contributed by atoms with E-state index in [2.05, 4.69) is 20.7 Å². The van der Waals surface area contributed by atoms with E-state index < -0.39 is 10.9 Å². The van der Waals surface area contributed by atoms with E-state index in [9.17, 15) is 14.9 Å². The number of ether oxygens (including phenoxy) is 2. The number of nitrogens with zero attached hydrogens (tertiary/aromatic N) is 2. The van der Waals surface area contributed by atoms with E-state index in [4.69, 9.17) is 4.74 Å². The van der Waals surface area contributed by atoms with E-state index in [0.717, 1.165) is 0 Å². The smallest absolute Gasteiger partial charge is 0.344 e. The van der Waals surface area contributed by atoms with Crippen LogP contribution in [0.4, 0.5) is 11.4 Å². The zero-order valence-electron chi connectivity index (χ0n) is 12.1. The Hall–Kier alpha value is -1.67. The minimum absolute atomic E-state index is 0.0726. The number of nitro benzene ring substituents is 1. The number of esters is 1. The topological polar surface area (TPSA) is 81.9 Å². The first-order chi connectivity index (χ1) is 9.96. The maximum Gasteiger partial charge on any atom is 0.344 e. The van der Waals surface area contributed by atoms with E-state index in [1.54, 1.807) is 7.11 Å². The number of hydrogen-bond acceptors (Lipinski definition) is 6. The van der Waals surface area contributed by atoms with Crippen LogP contribution in [0, 0.1) is 10.1 Å². The number of methoxy groups -OCH3 is 2. The summed E-state index contributed by atoms with van der Waals surface area (Å²) in [6.45, 7) is 3.72. The summed E-state index contributed by atoms with van der Waals surface area (Å²) in [5.41, 5.74) is 0.317. The summed E-state index contributed by atoms with van der Waals surface area (Å²) < 4.78 is 10.2. The molecular formula is C13H17BrN2O5. The molecule has 0 bridgehead atoms. The van der Waals surface area contributed by atoms with Crippen LogP contribution >= 0.6 is 15.9 Å². The van der Waals surface area contributed by atoms with Gasteiger partial charge in [-0.2, -0.15) is 0 Å². The molecule has 0 fully saturated rings. The first-order valence-electron chi connectivity index (χ1n) is 6.26. The second-order valence-electron chi connectivity index (χ2n) is 4.14. The van der Waals surface area contributed by atoms with Gasteiger partial charge in [-0.1, -0.05) is 0 Å². The average molecular weight is 361 g/mol. The lowest BCUT2D eigenvalue weighted by Crippen LogP contribution is -2.27. The number of benzene rings is 1. The Morgan fingerprint density at radius 3 is 2.57 bits per heavy atom. The zero-order valence-corrected chi connectivity index (χ0v) is 13.7. The summed E-state index contributed by atoms with van der Waals surface area (Å²) in [4.78, 5) is 24.1. The number of carbonyl (C=O) groups is 1. The highest BCUT2D eigenvalue weighted by Crippen LogP contribution is 2.33. The van der Waals surface area contributed by atoms with Gasteiger partial charge in [0.25, 0.3) is 5.69 Å². The van der Waals surface area contributed by atoms with Crippen LogP contribution in [0.15, 0.2) is 16.6 Å². The van der Waals surface area contributed by atoms with Crippen molar-refractivity contribution in [2.45, 2.75) is 6.92 Å². The van der Waals surface area contributed by atoms with Gasteiger partial charge < -0.3 is 14.4 Å². The molecule has 0 aliphatic heterocycles. The Balaban J connectivity index is 3.33. The summed E-state index contributed by atoms with van der Waals surface area (Å²) in [5.74, 6) is -0.738. The summed E-state index contributed by atoms with van der Waals surface area (Å²) in [6, 6.07) is 2.78. The Labute approximate surface area is 131 Å². The largest absolute Gasteiger partial charge is 0.465 e. The lowest BCUT2D eigenvalue weighted by atomic mass is 10.1. The average Bonchev–Trinajstić information content (AvgIpc) is 2.47. The molecule has 0 heterocycles. The molecule has 0 spiro atoms. The Morgan fingerprint density at radius 1 is 1.43 bits per heavy atom. The van der Waals surface area contributed by atoms with Gasteiger partial charge in [-0.05, 0) is 28.9 Å². The summed E-state index contributed by atoms with van der Waals surface area (Å²) in [6.07, 6.45) is 0. The molecule has 0 radical (unpaired) electrons. The van der Waals surface area contributed by atoms with Crippen LogP contribution in [-0.4, -0.2) is 44.8 Å². The number of nitro groups is 1. The van der Waals surface area contributed by atoms with Crippen molar-refractivity contribution in [3.05, 3.63) is 32.3 Å². The van der Waals surface area contributed by atoms with Crippen molar-refractivity contribution < 1.29 is 19.2 Å². The van der Waals surface area contributed by atoms with Gasteiger partial charge >= 0.3 is 5.97 Å². The highest BCUT2D eigenvalue weighted by molar-refractivity contribution is 9.10. The van der Waals surface area contributed by atoms with Crippen LogP contribution in [0.3, 0.4) is 0 Å². The molecule has 21 heavy (non-hydrogen) atoms. The maximum absolute atomic E-state index is 11.7. The monoisotopic (exact) mass is 360 g/mol. The standard InChI is InChI=1S/C13H17BrN2O5/c1-4-15(5-6-20-2)12-7-9(13(17)21-3)11(16(18)19)8-10(12)14/h7-8H,4-6H2,1-3H3. The summed E-state index contributed by atoms with van der Waals surface area (Å²) in [7, 11) is 2.79. The van der Waals surface area contributed by atoms with E-state index >= 15 is 0 Å². The molecule has 0 aliphatic carbocycles. The molecule has 0 atom stereocenters. The maximum atomic E-state index is 11.7. The third kappa shape index (κ3) is 4.15. The molecule has 0 saturated heterocycles. The number of likely N-dealkylation sites (N-methyl/N-ethyl adjacent to an activating group) is 1. The first-order valence-corrected chi connectivity index (χ1v) is 7.05. The van der Waals surface area contributed by atoms with Gasteiger partial charge in [0.15, 0.2) is 0 Å². The van der Waals surface area contributed by atoms with Gasteiger partial charge in [0.05, 0.1) is 24.3 Å². The third-order valence-electron chi connectivity index (χ3n) is 2.95. The lowest BCUT2D eigenvalue weighted by Gasteiger charge is -2.24. The second kappa shape index (κ2) is 7.94. The van der Waals surface area contributed by atoms with Crippen molar-refractivity contribution in [3.8, 4) is 0 Å². The van der Waals surface area contributed by atoms with Crippen molar-refractivity contribution in [1.29, 1.82) is 0 Å². The fraction of sp³-hybridized carbons (Fsp3) is 0.462. The van der Waals surface area contributed by atoms with Gasteiger partial charge in [-0.3, -0.25) is 10.1 Å². The van der Waals surface area contributed by atoms with E-state index in [1.165, 1.54) is 19.2 Å². The van der Waals surface area contributed by atoms with Crippen molar-refractivity contribution in [1.82, 2.24) is 0 Å². The van der Waals surface area contributed by atoms with Crippen molar-refractivity contribution >= 4 is 33.3 Å². The normalized spacial score (nSPS) is 10.3. The predicted molar refractivity (Wildman–Crippen MR) is 81.9 cm³/mol. The number of halogens is 1. The van der Waals surface area contributed by atoms with Gasteiger partial charge in [0, 0.05) is 30.7 Å². The Morgan fingerprint density at radius 2 is 2.10 bits per heavy atom. The van der Waals surface area contributed by atoms with Crippen molar-refractivity contribution in [2.75, 3.05) is 38.8 Å². The molecule has 1 aromatic carbocycles. The molecule has 0 amide bonds. The predicted octanol–water partition coefficient (Wildman–Crippen LogP) is 2.62. The van der Waals surface area contributed by atoms with Crippen molar-refractivity contribution in [2.24, 2.45) is 0 Å². The number of anilines is 1. The zero-order chi connectivity index (χ0) is 16.0. The van der Waals surface area contributed by atoms with Crippen LogP contribution in [-0.2, 0) is 9.47 Å². The van der Waals surface area contributed by atoms with E-state index in [0.29, 0.717) is 29.9 Å². The summed E-state index contributed by atoms with van der Waals surface area (Å²) >= 11 is 3.31. The van der Waals surface area contributed by atoms with Gasteiger partial charge in [0.2, 0.25) is 0 Å². The number of hydrogen-bond donors (Lipinski definition) is 0. The van der Waals surface area contributed by atoms with Crippen LogP contribution in [0.2, 0.25) is 0 Å². The van der Waals surface area contributed by atoms with Crippen LogP contribution in [0.5, 0.6) is 0 Å². The molecule has 0 unspecified atom stereocenters. The highest BCUT2D eigenvalue weighted by atomic mass is 79.9. The van der Waals surface area contributed by atoms with Gasteiger partial charge in [-0.25, -0.2) is 4.79 Å².